The van der Waals surface area contributed by atoms with Crippen molar-refractivity contribution in [1.29, 1.82) is 0 Å². The molecule has 33 heavy (non-hydrogen) atoms. The largest absolute Gasteiger partial charge is 0.393 e. The summed E-state index contributed by atoms with van der Waals surface area (Å²) in [5.41, 5.74) is 7.51. The van der Waals surface area contributed by atoms with E-state index in [1.807, 2.05) is 0 Å². The van der Waals surface area contributed by atoms with Crippen LogP contribution in [0, 0.1) is 0 Å². The summed E-state index contributed by atoms with van der Waals surface area (Å²) in [5.74, 6) is -3.24. The van der Waals surface area contributed by atoms with E-state index in [1.54, 1.807) is 54.6 Å². The van der Waals surface area contributed by atoms with E-state index >= 15 is 0 Å². The van der Waals surface area contributed by atoms with Crippen molar-refractivity contribution < 1.29 is 17.2 Å². The summed E-state index contributed by atoms with van der Waals surface area (Å²) in [6.45, 7) is -0.401. The quantitative estimate of drug-likeness (QED) is 0.477. The Labute approximate surface area is 195 Å². The molecule has 0 amide bonds. The fourth-order valence-corrected chi connectivity index (χ4v) is 4.97. The second-order valence-corrected chi connectivity index (χ2v) is 10.1. The third-order valence-electron chi connectivity index (χ3n) is 5.26. The van der Waals surface area contributed by atoms with E-state index in [4.69, 9.17) is 17.3 Å². The zero-order valence-corrected chi connectivity index (χ0v) is 19.1. The summed E-state index contributed by atoms with van der Waals surface area (Å²) in [4.78, 5) is 9.58. The lowest BCUT2D eigenvalue weighted by atomic mass is 10.2. The molecule has 1 aromatic heterocycles. The standard InChI is InChI=1S/C22H22ClF2N5O2S/c23-17-9-5-4-8-16(17)12-27-19-18(26)20(30-11-10-22(24,25)14-30)29-21(28-19)33(31,32)13-15-6-2-1-3-7-15/h1-9H,10-14,26H2,(H,27,28,29). The Kier molecular flexibility index (Phi) is 6.40. The fraction of sp³-hybridized carbons (Fsp3) is 0.273. The van der Waals surface area contributed by atoms with Crippen LogP contribution in [0.4, 0.5) is 26.1 Å². The average molecular weight is 494 g/mol. The number of rotatable bonds is 7. The molecule has 0 saturated carbocycles. The molecule has 0 aliphatic carbocycles. The van der Waals surface area contributed by atoms with Gasteiger partial charge in [-0.3, -0.25) is 0 Å². The number of aromatic nitrogens is 2. The highest BCUT2D eigenvalue weighted by atomic mass is 35.5. The first-order valence-corrected chi connectivity index (χ1v) is 12.2. The van der Waals surface area contributed by atoms with Gasteiger partial charge in [-0.25, -0.2) is 17.2 Å². The molecule has 1 aliphatic heterocycles. The molecule has 7 nitrogen and oxygen atoms in total. The summed E-state index contributed by atoms with van der Waals surface area (Å²) < 4.78 is 54.0. The molecule has 1 saturated heterocycles. The number of hydrogen-bond donors (Lipinski definition) is 2. The second-order valence-electron chi connectivity index (χ2n) is 7.81. The molecule has 2 aromatic carbocycles. The van der Waals surface area contributed by atoms with Crippen molar-refractivity contribution in [1.82, 2.24) is 9.97 Å². The van der Waals surface area contributed by atoms with Crippen molar-refractivity contribution in [2.75, 3.05) is 29.0 Å². The molecule has 1 aliphatic rings. The Bertz CT molecular complexity index is 1260. The molecule has 4 rings (SSSR count). The minimum absolute atomic E-state index is 0.00147. The zero-order valence-electron chi connectivity index (χ0n) is 17.5. The van der Waals surface area contributed by atoms with Crippen LogP contribution in [0.25, 0.3) is 0 Å². The van der Waals surface area contributed by atoms with Crippen molar-refractivity contribution in [3.63, 3.8) is 0 Å². The summed E-state index contributed by atoms with van der Waals surface area (Å²) in [7, 11) is -3.98. The van der Waals surface area contributed by atoms with Crippen LogP contribution in [0.3, 0.4) is 0 Å². The number of nitrogen functional groups attached to an aromatic ring is 1. The normalized spacial score (nSPS) is 15.5. The summed E-state index contributed by atoms with van der Waals surface area (Å²) in [6, 6.07) is 15.7. The van der Waals surface area contributed by atoms with Gasteiger partial charge in [0.2, 0.25) is 9.84 Å². The van der Waals surface area contributed by atoms with Crippen LogP contribution in [0.15, 0.2) is 59.8 Å². The van der Waals surface area contributed by atoms with Gasteiger partial charge in [-0.2, -0.15) is 9.97 Å². The van der Waals surface area contributed by atoms with Crippen molar-refractivity contribution in [2.24, 2.45) is 0 Å². The highest BCUT2D eigenvalue weighted by Gasteiger charge is 2.40. The molecule has 174 valence electrons. The lowest BCUT2D eigenvalue weighted by molar-refractivity contribution is 0.0257. The van der Waals surface area contributed by atoms with E-state index in [0.29, 0.717) is 10.6 Å². The molecule has 3 aromatic rings. The summed E-state index contributed by atoms with van der Waals surface area (Å²) >= 11 is 6.20. The van der Waals surface area contributed by atoms with Gasteiger partial charge in [-0.15, -0.1) is 0 Å². The molecule has 0 spiro atoms. The molecular formula is C22H22ClF2N5O2S. The van der Waals surface area contributed by atoms with Gasteiger partial charge >= 0.3 is 0 Å². The predicted molar refractivity (Wildman–Crippen MR) is 124 cm³/mol. The summed E-state index contributed by atoms with van der Waals surface area (Å²) in [5, 5.41) is 3.02. The topological polar surface area (TPSA) is 101 Å². The highest BCUT2D eigenvalue weighted by molar-refractivity contribution is 7.90. The SMILES string of the molecule is Nc1c(NCc2ccccc2Cl)nc(S(=O)(=O)Cc2ccccc2)nc1N1CCC(F)(F)C1. The molecular weight excluding hydrogens is 472 g/mol. The fourth-order valence-electron chi connectivity index (χ4n) is 3.55. The lowest BCUT2D eigenvalue weighted by Crippen LogP contribution is -2.28. The molecule has 1 fully saturated rings. The first kappa shape index (κ1) is 23.2. The molecule has 0 unspecified atom stereocenters. The lowest BCUT2D eigenvalue weighted by Gasteiger charge is -2.21. The van der Waals surface area contributed by atoms with E-state index in [1.165, 1.54) is 4.90 Å². The maximum atomic E-state index is 13.9. The number of sulfone groups is 1. The Morgan fingerprint density at radius 3 is 2.45 bits per heavy atom. The van der Waals surface area contributed by atoms with Crippen LogP contribution >= 0.6 is 11.6 Å². The van der Waals surface area contributed by atoms with Crippen LogP contribution in [0.2, 0.25) is 5.02 Å². The van der Waals surface area contributed by atoms with Gasteiger partial charge < -0.3 is 16.0 Å². The van der Waals surface area contributed by atoms with Gasteiger partial charge in [0, 0.05) is 24.5 Å². The van der Waals surface area contributed by atoms with Crippen LogP contribution in [0.5, 0.6) is 0 Å². The maximum absolute atomic E-state index is 13.9. The first-order chi connectivity index (χ1) is 15.6. The predicted octanol–water partition coefficient (Wildman–Crippen LogP) is 4.14. The van der Waals surface area contributed by atoms with Gasteiger partial charge in [0.25, 0.3) is 11.1 Å². The third kappa shape index (κ3) is 5.33. The van der Waals surface area contributed by atoms with E-state index in [0.717, 1.165) is 5.56 Å². The van der Waals surface area contributed by atoms with E-state index in [-0.39, 0.29) is 42.6 Å². The van der Waals surface area contributed by atoms with Gasteiger partial charge in [0.05, 0.1) is 12.3 Å². The average Bonchev–Trinajstić information content (AvgIpc) is 3.13. The molecule has 2 heterocycles. The Morgan fingerprint density at radius 2 is 1.79 bits per heavy atom. The van der Waals surface area contributed by atoms with E-state index in [2.05, 4.69) is 15.3 Å². The van der Waals surface area contributed by atoms with Crippen LogP contribution in [-0.2, 0) is 22.1 Å². The van der Waals surface area contributed by atoms with E-state index < -0.39 is 27.5 Å². The molecule has 0 radical (unpaired) electrons. The van der Waals surface area contributed by atoms with Crippen LogP contribution in [0.1, 0.15) is 17.5 Å². The zero-order chi connectivity index (χ0) is 23.6. The molecule has 0 atom stereocenters. The third-order valence-corrected chi connectivity index (χ3v) is 7.08. The molecule has 3 N–H and O–H groups in total. The Balaban J connectivity index is 1.72. The number of nitrogens with zero attached hydrogens (tertiary/aromatic N) is 3. The van der Waals surface area contributed by atoms with Crippen molar-refractivity contribution >= 4 is 38.8 Å². The van der Waals surface area contributed by atoms with Gasteiger partial charge in [-0.05, 0) is 17.2 Å². The number of hydrogen-bond acceptors (Lipinski definition) is 7. The molecule has 0 bridgehead atoms. The number of alkyl halides is 2. The van der Waals surface area contributed by atoms with Gasteiger partial charge in [-0.1, -0.05) is 60.1 Å². The highest BCUT2D eigenvalue weighted by Crippen LogP contribution is 2.36. The molecule has 11 heteroatoms. The smallest absolute Gasteiger partial charge is 0.266 e. The van der Waals surface area contributed by atoms with Crippen LogP contribution in [-0.4, -0.2) is 37.4 Å². The van der Waals surface area contributed by atoms with Crippen molar-refractivity contribution in [3.05, 3.63) is 70.7 Å². The number of anilines is 3. The Hall–Kier alpha value is -2.98. The first-order valence-electron chi connectivity index (χ1n) is 10.2. The monoisotopic (exact) mass is 493 g/mol. The summed E-state index contributed by atoms with van der Waals surface area (Å²) in [6.07, 6.45) is -0.370. The van der Waals surface area contributed by atoms with Crippen molar-refractivity contribution in [3.8, 4) is 0 Å². The van der Waals surface area contributed by atoms with Gasteiger partial charge in [0.1, 0.15) is 5.69 Å². The number of halogens is 3. The second kappa shape index (κ2) is 9.11. The van der Waals surface area contributed by atoms with Gasteiger partial charge in [0.15, 0.2) is 11.6 Å². The minimum atomic E-state index is -3.98. The Morgan fingerprint density at radius 1 is 1.09 bits per heavy atom. The number of nitrogens with two attached hydrogens (primary N) is 1. The minimum Gasteiger partial charge on any atom is -0.393 e. The van der Waals surface area contributed by atoms with Crippen LogP contribution < -0.4 is 16.0 Å². The maximum Gasteiger partial charge on any atom is 0.266 e. The van der Waals surface area contributed by atoms with Crippen molar-refractivity contribution in [2.45, 2.75) is 29.8 Å². The number of benzene rings is 2. The number of nitrogens with one attached hydrogen (secondary N) is 1. The van der Waals surface area contributed by atoms with E-state index in [9.17, 15) is 17.2 Å².